The van der Waals surface area contributed by atoms with E-state index in [4.69, 9.17) is 9.47 Å². The van der Waals surface area contributed by atoms with E-state index in [0.29, 0.717) is 19.7 Å². The van der Waals surface area contributed by atoms with Crippen molar-refractivity contribution < 1.29 is 14.3 Å². The Hall–Kier alpha value is -1.47. The largest absolute Gasteiger partial charge is 0.366 e. The summed E-state index contributed by atoms with van der Waals surface area (Å²) in [6, 6.07) is 0. The molecule has 134 valence electrons. The third kappa shape index (κ3) is 4.13. The number of hydrogen-bond acceptors (Lipinski definition) is 5. The molecule has 7 heteroatoms. The van der Waals surface area contributed by atoms with Gasteiger partial charge in [0.05, 0.1) is 19.3 Å². The van der Waals surface area contributed by atoms with Crippen molar-refractivity contribution in [2.75, 3.05) is 19.7 Å². The molecule has 2 heterocycles. The van der Waals surface area contributed by atoms with E-state index in [1.54, 1.807) is 6.33 Å². The highest BCUT2D eigenvalue weighted by molar-refractivity contribution is 5.80. The zero-order chi connectivity index (χ0) is 16.9. The highest BCUT2D eigenvalue weighted by atomic mass is 16.5. The molecular weight excluding hydrogens is 308 g/mol. The Morgan fingerprint density at radius 1 is 1.33 bits per heavy atom. The highest BCUT2D eigenvalue weighted by Crippen LogP contribution is 2.23. The summed E-state index contributed by atoms with van der Waals surface area (Å²) in [6.07, 6.45) is 8.38. The van der Waals surface area contributed by atoms with Gasteiger partial charge in [-0.2, -0.15) is 0 Å². The number of aromatic nitrogens is 3. The fourth-order valence-corrected chi connectivity index (χ4v) is 3.57. The Balaban J connectivity index is 1.56. The molecule has 2 aliphatic rings. The maximum Gasteiger partial charge on any atom is 0.251 e. The van der Waals surface area contributed by atoms with Crippen LogP contribution >= 0.6 is 0 Å². The third-order valence-electron chi connectivity index (χ3n) is 4.96. The molecule has 1 saturated heterocycles. The number of carbonyl (C=O) groups is 1. The molecule has 2 fully saturated rings. The second-order valence-corrected chi connectivity index (χ2v) is 6.84. The van der Waals surface area contributed by atoms with Crippen LogP contribution in [0.5, 0.6) is 0 Å². The van der Waals surface area contributed by atoms with E-state index in [-0.39, 0.29) is 18.1 Å². The number of nitrogens with zero attached hydrogens (tertiary/aromatic N) is 4. The minimum atomic E-state index is -0.397. The van der Waals surface area contributed by atoms with Gasteiger partial charge in [-0.15, -0.1) is 10.2 Å². The molecule has 3 rings (SSSR count). The molecule has 0 spiro atoms. The van der Waals surface area contributed by atoms with Gasteiger partial charge in [0.2, 0.25) is 0 Å². The van der Waals surface area contributed by atoms with Crippen molar-refractivity contribution in [2.24, 2.45) is 7.05 Å². The Labute approximate surface area is 143 Å². The van der Waals surface area contributed by atoms with E-state index in [9.17, 15) is 4.79 Å². The molecule has 0 unspecified atom stereocenters. The number of aryl methyl sites for hydroxylation is 1. The number of morpholine rings is 1. The van der Waals surface area contributed by atoms with Crippen LogP contribution in [-0.4, -0.2) is 57.5 Å². The highest BCUT2D eigenvalue weighted by Gasteiger charge is 2.31. The molecule has 1 aliphatic heterocycles. The Morgan fingerprint density at radius 3 is 2.75 bits per heavy atom. The van der Waals surface area contributed by atoms with Gasteiger partial charge in [0.25, 0.3) is 5.91 Å². The lowest BCUT2D eigenvalue weighted by molar-refractivity contribution is -0.154. The fourth-order valence-electron chi connectivity index (χ4n) is 3.57. The molecule has 7 nitrogen and oxygen atoms in total. The first-order valence-electron chi connectivity index (χ1n) is 9.05. The maximum absolute atomic E-state index is 12.8. The predicted octanol–water partition coefficient (Wildman–Crippen LogP) is 1.84. The van der Waals surface area contributed by atoms with E-state index < -0.39 is 6.10 Å². The number of rotatable bonds is 4. The van der Waals surface area contributed by atoms with Crippen LogP contribution in [0.3, 0.4) is 0 Å². The standard InChI is InChI=1S/C17H28N4O3/c1-13(24-14-7-5-3-4-6-8-14)17(22)21-9-10-23-15(11-21)16-19-18-12-20(16)2/h12-15H,3-11H2,1-2H3/t13-,15-/m0/s1. The van der Waals surface area contributed by atoms with Gasteiger partial charge in [-0.1, -0.05) is 25.7 Å². The predicted molar refractivity (Wildman–Crippen MR) is 88.3 cm³/mol. The van der Waals surface area contributed by atoms with Crippen LogP contribution < -0.4 is 0 Å². The topological polar surface area (TPSA) is 69.5 Å². The number of hydrogen-bond donors (Lipinski definition) is 0. The lowest BCUT2D eigenvalue weighted by atomic mass is 10.1. The van der Waals surface area contributed by atoms with Crippen molar-refractivity contribution in [3.8, 4) is 0 Å². The lowest BCUT2D eigenvalue weighted by Gasteiger charge is -2.34. The first-order valence-corrected chi connectivity index (χ1v) is 9.05. The first kappa shape index (κ1) is 17.4. The van der Waals surface area contributed by atoms with Crippen molar-refractivity contribution in [3.63, 3.8) is 0 Å². The Bertz CT molecular complexity index is 540. The van der Waals surface area contributed by atoms with Crippen LogP contribution in [0.4, 0.5) is 0 Å². The summed E-state index contributed by atoms with van der Waals surface area (Å²) in [5.74, 6) is 0.805. The van der Waals surface area contributed by atoms with E-state index in [1.807, 2.05) is 23.4 Å². The van der Waals surface area contributed by atoms with E-state index in [1.165, 1.54) is 25.7 Å². The zero-order valence-electron chi connectivity index (χ0n) is 14.7. The summed E-state index contributed by atoms with van der Waals surface area (Å²) in [7, 11) is 1.89. The van der Waals surface area contributed by atoms with Crippen LogP contribution in [0.15, 0.2) is 6.33 Å². The molecule has 1 aliphatic carbocycles. The molecule has 24 heavy (non-hydrogen) atoms. The minimum absolute atomic E-state index is 0.0507. The van der Waals surface area contributed by atoms with Crippen molar-refractivity contribution in [1.82, 2.24) is 19.7 Å². The first-order chi connectivity index (χ1) is 11.6. The zero-order valence-corrected chi connectivity index (χ0v) is 14.7. The number of ether oxygens (including phenoxy) is 2. The van der Waals surface area contributed by atoms with Crippen molar-refractivity contribution in [3.05, 3.63) is 12.2 Å². The Kier molecular flexibility index (Phi) is 5.84. The second-order valence-electron chi connectivity index (χ2n) is 6.84. The monoisotopic (exact) mass is 336 g/mol. The fraction of sp³-hybridized carbons (Fsp3) is 0.824. The summed E-state index contributed by atoms with van der Waals surface area (Å²) in [4.78, 5) is 14.6. The van der Waals surface area contributed by atoms with Crippen molar-refractivity contribution in [2.45, 2.75) is 63.8 Å². The van der Waals surface area contributed by atoms with Crippen LogP contribution in [0.1, 0.15) is 57.4 Å². The summed E-state index contributed by atoms with van der Waals surface area (Å²) in [6.45, 7) is 3.49. The number of carbonyl (C=O) groups excluding carboxylic acids is 1. The smallest absolute Gasteiger partial charge is 0.251 e. The number of amides is 1. The van der Waals surface area contributed by atoms with Gasteiger partial charge in [0, 0.05) is 13.6 Å². The molecule has 1 aromatic heterocycles. The molecule has 0 bridgehead atoms. The summed E-state index contributed by atoms with van der Waals surface area (Å²) >= 11 is 0. The van der Waals surface area contributed by atoms with Gasteiger partial charge in [-0.3, -0.25) is 4.79 Å². The van der Waals surface area contributed by atoms with Gasteiger partial charge in [-0.05, 0) is 19.8 Å². The average Bonchev–Trinajstić information content (AvgIpc) is 2.86. The lowest BCUT2D eigenvalue weighted by Crippen LogP contribution is -2.47. The van der Waals surface area contributed by atoms with Gasteiger partial charge >= 0.3 is 0 Å². The van der Waals surface area contributed by atoms with Crippen LogP contribution in [-0.2, 0) is 21.3 Å². The average molecular weight is 336 g/mol. The molecule has 1 amide bonds. The third-order valence-corrected chi connectivity index (χ3v) is 4.96. The van der Waals surface area contributed by atoms with Crippen molar-refractivity contribution >= 4 is 5.91 Å². The maximum atomic E-state index is 12.8. The molecule has 0 N–H and O–H groups in total. The molecule has 1 saturated carbocycles. The van der Waals surface area contributed by atoms with Crippen LogP contribution in [0.2, 0.25) is 0 Å². The quantitative estimate of drug-likeness (QED) is 0.785. The van der Waals surface area contributed by atoms with Gasteiger partial charge in [0.15, 0.2) is 5.82 Å². The molecule has 2 atom stereocenters. The summed E-state index contributed by atoms with van der Waals surface area (Å²) < 4.78 is 13.7. The molecule has 0 aromatic carbocycles. The molecule has 0 radical (unpaired) electrons. The van der Waals surface area contributed by atoms with Gasteiger partial charge in [-0.25, -0.2) is 0 Å². The summed E-state index contributed by atoms with van der Waals surface area (Å²) in [5.41, 5.74) is 0. The Morgan fingerprint density at radius 2 is 2.08 bits per heavy atom. The summed E-state index contributed by atoms with van der Waals surface area (Å²) in [5, 5.41) is 7.99. The van der Waals surface area contributed by atoms with Gasteiger partial charge < -0.3 is 18.9 Å². The SMILES string of the molecule is C[C@H](OC1CCCCCC1)C(=O)N1CCO[C@H](c2nncn2C)C1. The normalized spacial score (nSPS) is 24.6. The van der Waals surface area contributed by atoms with Crippen molar-refractivity contribution in [1.29, 1.82) is 0 Å². The van der Waals surface area contributed by atoms with E-state index in [0.717, 1.165) is 18.7 Å². The van der Waals surface area contributed by atoms with E-state index in [2.05, 4.69) is 10.2 Å². The van der Waals surface area contributed by atoms with Crippen LogP contribution in [0.25, 0.3) is 0 Å². The van der Waals surface area contributed by atoms with Crippen LogP contribution in [0, 0.1) is 0 Å². The van der Waals surface area contributed by atoms with E-state index >= 15 is 0 Å². The van der Waals surface area contributed by atoms with Gasteiger partial charge in [0.1, 0.15) is 18.5 Å². The minimum Gasteiger partial charge on any atom is -0.366 e. The second kappa shape index (κ2) is 8.07. The molecule has 1 aromatic rings. The molecular formula is C17H28N4O3.